The van der Waals surface area contributed by atoms with Crippen LogP contribution in [-0.2, 0) is 0 Å². The molecule has 0 saturated carbocycles. The summed E-state index contributed by atoms with van der Waals surface area (Å²) in [4.78, 5) is 0.792. The Kier molecular flexibility index (Phi) is 2.43. The van der Waals surface area contributed by atoms with E-state index in [1.165, 1.54) is 0 Å². The zero-order valence-electron chi connectivity index (χ0n) is 5.13. The summed E-state index contributed by atoms with van der Waals surface area (Å²) in [5, 5.41) is 0.625. The summed E-state index contributed by atoms with van der Waals surface area (Å²) in [5.41, 5.74) is 3.24. The molecule has 0 amide bonds. The monoisotopic (exact) mass is 174 g/mol. The second kappa shape index (κ2) is 3.14. The normalized spacial score (nSPS) is 9.50. The molecular formula is C6H7ClN2S. The van der Waals surface area contributed by atoms with E-state index >= 15 is 0 Å². The molecule has 0 aliphatic carbocycles. The number of halogens is 1. The zero-order chi connectivity index (χ0) is 7.56. The molecule has 0 aliphatic heterocycles. The van der Waals surface area contributed by atoms with Crippen molar-refractivity contribution in [3.63, 3.8) is 0 Å². The van der Waals surface area contributed by atoms with Crippen LogP contribution in [0.25, 0.3) is 0 Å². The smallest absolute Gasteiger partial charge is 0.0510 e. The first-order valence-corrected chi connectivity index (χ1v) is 3.51. The van der Waals surface area contributed by atoms with E-state index in [4.69, 9.17) is 17.4 Å². The summed E-state index contributed by atoms with van der Waals surface area (Å²) in [6.45, 7) is 0. The van der Waals surface area contributed by atoms with Gasteiger partial charge in [0.15, 0.2) is 0 Å². The zero-order valence-corrected chi connectivity index (χ0v) is 6.78. The fourth-order valence-corrected chi connectivity index (χ4v) is 1.25. The molecule has 0 bridgehead atoms. The van der Waals surface area contributed by atoms with Crippen LogP contribution in [0.5, 0.6) is 0 Å². The summed E-state index contributed by atoms with van der Waals surface area (Å²) in [5.74, 6) is 5.14. The van der Waals surface area contributed by atoms with Crippen molar-refractivity contribution in [2.45, 2.75) is 4.90 Å². The first-order valence-electron chi connectivity index (χ1n) is 2.68. The van der Waals surface area contributed by atoms with Gasteiger partial charge in [-0.05, 0) is 18.2 Å². The van der Waals surface area contributed by atoms with Gasteiger partial charge in [0, 0.05) is 9.92 Å². The Morgan fingerprint density at radius 1 is 1.40 bits per heavy atom. The molecule has 3 N–H and O–H groups in total. The molecule has 4 heteroatoms. The highest BCUT2D eigenvalue weighted by Crippen LogP contribution is 2.20. The fourth-order valence-electron chi connectivity index (χ4n) is 0.657. The molecule has 0 aromatic heterocycles. The first-order chi connectivity index (χ1) is 4.72. The molecule has 0 aliphatic rings. The Labute approximate surface area is 69.7 Å². The molecule has 0 heterocycles. The van der Waals surface area contributed by atoms with Crippen LogP contribution in [0.2, 0.25) is 5.02 Å². The number of benzene rings is 1. The van der Waals surface area contributed by atoms with Crippen LogP contribution in [0.3, 0.4) is 0 Å². The molecule has 0 atom stereocenters. The molecule has 1 rings (SSSR count). The van der Waals surface area contributed by atoms with E-state index in [1.807, 2.05) is 0 Å². The summed E-state index contributed by atoms with van der Waals surface area (Å²) in [7, 11) is 0. The molecular weight excluding hydrogens is 168 g/mol. The average Bonchev–Trinajstić information content (AvgIpc) is 1.85. The lowest BCUT2D eigenvalue weighted by molar-refractivity contribution is 1.32. The van der Waals surface area contributed by atoms with E-state index in [-0.39, 0.29) is 0 Å². The van der Waals surface area contributed by atoms with Crippen LogP contribution >= 0.6 is 24.2 Å². The number of nitrogens with one attached hydrogen (secondary N) is 1. The third kappa shape index (κ3) is 1.80. The first kappa shape index (κ1) is 7.72. The van der Waals surface area contributed by atoms with Gasteiger partial charge in [0.25, 0.3) is 0 Å². The highest BCUT2D eigenvalue weighted by molar-refractivity contribution is 7.80. The second-order valence-corrected chi connectivity index (χ2v) is 2.80. The summed E-state index contributed by atoms with van der Waals surface area (Å²) in [6.07, 6.45) is 0. The molecule has 0 spiro atoms. The third-order valence-corrected chi connectivity index (χ3v) is 1.53. The van der Waals surface area contributed by atoms with Crippen LogP contribution in [0.4, 0.5) is 5.69 Å². The minimum absolute atomic E-state index is 0.625. The number of rotatable bonds is 1. The Balaban J connectivity index is 3.06. The molecule has 1 aromatic carbocycles. The lowest BCUT2D eigenvalue weighted by Gasteiger charge is -2.00. The van der Waals surface area contributed by atoms with Crippen LogP contribution in [0, 0.1) is 0 Å². The minimum Gasteiger partial charge on any atom is -0.324 e. The van der Waals surface area contributed by atoms with Gasteiger partial charge in [0.2, 0.25) is 0 Å². The molecule has 0 fully saturated rings. The van der Waals surface area contributed by atoms with Crippen molar-refractivity contribution in [2.24, 2.45) is 5.84 Å². The van der Waals surface area contributed by atoms with Gasteiger partial charge in [-0.1, -0.05) is 11.6 Å². The molecule has 0 radical (unpaired) electrons. The molecule has 2 nitrogen and oxygen atoms in total. The Morgan fingerprint density at radius 2 is 2.10 bits per heavy atom. The fraction of sp³-hybridized carbons (Fsp3) is 0. The van der Waals surface area contributed by atoms with Gasteiger partial charge in [0.05, 0.1) is 5.69 Å². The number of thiol groups is 1. The number of nitrogens with two attached hydrogens (primary N) is 1. The van der Waals surface area contributed by atoms with E-state index in [1.54, 1.807) is 18.2 Å². The number of hydrogen-bond donors (Lipinski definition) is 3. The van der Waals surface area contributed by atoms with Crippen molar-refractivity contribution in [2.75, 3.05) is 5.43 Å². The maximum atomic E-state index is 5.68. The van der Waals surface area contributed by atoms with Crippen molar-refractivity contribution < 1.29 is 0 Å². The highest BCUT2D eigenvalue weighted by Gasteiger charge is 1.93. The third-order valence-electron chi connectivity index (χ3n) is 1.05. The van der Waals surface area contributed by atoms with Crippen LogP contribution in [-0.4, -0.2) is 0 Å². The van der Waals surface area contributed by atoms with E-state index in [2.05, 4.69) is 18.1 Å². The predicted octanol–water partition coefficient (Wildman–Crippen LogP) is 1.91. The Bertz CT molecular complexity index is 219. The maximum absolute atomic E-state index is 5.68. The highest BCUT2D eigenvalue weighted by atomic mass is 35.5. The van der Waals surface area contributed by atoms with Crippen LogP contribution in [0.1, 0.15) is 0 Å². The van der Waals surface area contributed by atoms with Crippen LogP contribution < -0.4 is 11.3 Å². The molecule has 54 valence electrons. The summed E-state index contributed by atoms with van der Waals surface area (Å²) < 4.78 is 0. The quantitative estimate of drug-likeness (QED) is 0.346. The number of hydrogen-bond acceptors (Lipinski definition) is 3. The topological polar surface area (TPSA) is 38.0 Å². The SMILES string of the molecule is NNc1cc(S)cc(Cl)c1. The largest absolute Gasteiger partial charge is 0.324 e. The van der Waals surface area contributed by atoms with Crippen molar-refractivity contribution >= 4 is 29.9 Å². The van der Waals surface area contributed by atoms with E-state index in [9.17, 15) is 0 Å². The van der Waals surface area contributed by atoms with Crippen molar-refractivity contribution in [3.8, 4) is 0 Å². The van der Waals surface area contributed by atoms with Gasteiger partial charge in [-0.2, -0.15) is 0 Å². The van der Waals surface area contributed by atoms with E-state index < -0.39 is 0 Å². The van der Waals surface area contributed by atoms with E-state index in [0.717, 1.165) is 10.6 Å². The van der Waals surface area contributed by atoms with Gasteiger partial charge in [-0.15, -0.1) is 12.6 Å². The molecule has 1 aromatic rings. The summed E-state index contributed by atoms with van der Waals surface area (Å²) >= 11 is 9.78. The van der Waals surface area contributed by atoms with Gasteiger partial charge in [-0.25, -0.2) is 0 Å². The van der Waals surface area contributed by atoms with Gasteiger partial charge in [-0.3, -0.25) is 5.84 Å². The van der Waals surface area contributed by atoms with Crippen molar-refractivity contribution in [1.29, 1.82) is 0 Å². The van der Waals surface area contributed by atoms with Crippen LogP contribution in [0.15, 0.2) is 23.1 Å². The Morgan fingerprint density at radius 3 is 2.60 bits per heavy atom. The maximum Gasteiger partial charge on any atom is 0.0510 e. The molecule has 10 heavy (non-hydrogen) atoms. The minimum atomic E-state index is 0.625. The van der Waals surface area contributed by atoms with Crippen molar-refractivity contribution in [1.82, 2.24) is 0 Å². The van der Waals surface area contributed by atoms with Gasteiger partial charge >= 0.3 is 0 Å². The van der Waals surface area contributed by atoms with Gasteiger partial charge in [0.1, 0.15) is 0 Å². The van der Waals surface area contributed by atoms with E-state index in [0.29, 0.717) is 5.02 Å². The standard InChI is InChI=1S/C6H7ClN2S/c7-4-1-5(9-8)3-6(10)2-4/h1-3,9-10H,8H2. The lowest BCUT2D eigenvalue weighted by Crippen LogP contribution is -2.06. The molecule has 0 unspecified atom stereocenters. The molecule has 0 saturated heterocycles. The second-order valence-electron chi connectivity index (χ2n) is 1.84. The van der Waals surface area contributed by atoms with Gasteiger partial charge < -0.3 is 5.43 Å². The number of hydrazine groups is 1. The van der Waals surface area contributed by atoms with Crippen molar-refractivity contribution in [3.05, 3.63) is 23.2 Å². The number of nitrogen functional groups attached to an aromatic ring is 1. The predicted molar refractivity (Wildman–Crippen MR) is 46.5 cm³/mol. The number of anilines is 1. The lowest BCUT2D eigenvalue weighted by atomic mass is 10.3. The summed E-state index contributed by atoms with van der Waals surface area (Å²) in [6, 6.07) is 5.25. The Hall–Kier alpha value is -0.380. The average molecular weight is 175 g/mol.